The van der Waals surface area contributed by atoms with Gasteiger partial charge in [-0.3, -0.25) is 4.79 Å². The molecule has 1 aromatic carbocycles. The van der Waals surface area contributed by atoms with Crippen LogP contribution in [0.15, 0.2) is 24.3 Å². The van der Waals surface area contributed by atoms with E-state index in [1.807, 2.05) is 0 Å². The van der Waals surface area contributed by atoms with Crippen LogP contribution in [0, 0.1) is 0 Å². The van der Waals surface area contributed by atoms with E-state index in [4.69, 9.17) is 4.74 Å². The normalized spacial score (nSPS) is 13.2. The van der Waals surface area contributed by atoms with Gasteiger partial charge in [-0.05, 0) is 55.5 Å². The van der Waals surface area contributed by atoms with Gasteiger partial charge in [0.25, 0.3) is 5.91 Å². The summed E-state index contributed by atoms with van der Waals surface area (Å²) < 4.78 is 33.5. The second-order valence-corrected chi connectivity index (χ2v) is 6.87. The first-order valence-electron chi connectivity index (χ1n) is 8.08. The number of benzene rings is 1. The lowest BCUT2D eigenvalue weighted by Crippen LogP contribution is -2.15. The van der Waals surface area contributed by atoms with Gasteiger partial charge in [-0.15, -0.1) is 11.3 Å². The highest BCUT2D eigenvalue weighted by Crippen LogP contribution is 2.38. The number of ether oxygens (including phenoxy) is 2. The monoisotopic (exact) mass is 381 g/mol. The van der Waals surface area contributed by atoms with E-state index in [1.165, 1.54) is 42.7 Å². The van der Waals surface area contributed by atoms with E-state index in [2.05, 4.69) is 10.1 Å². The van der Waals surface area contributed by atoms with E-state index in [-0.39, 0.29) is 11.3 Å². The molecule has 26 heavy (non-hydrogen) atoms. The Bertz CT molecular complexity index is 817. The van der Waals surface area contributed by atoms with Gasteiger partial charge < -0.3 is 14.8 Å². The van der Waals surface area contributed by atoms with E-state index < -0.39 is 18.5 Å². The second kappa shape index (κ2) is 7.82. The Kier molecular flexibility index (Phi) is 5.51. The van der Waals surface area contributed by atoms with Gasteiger partial charge in [-0.1, -0.05) is 0 Å². The molecule has 1 heterocycles. The Balaban J connectivity index is 1.83. The fraction of sp³-hybridized carbons (Fsp3) is 0.333. The number of fused-ring (bicyclic) bond motifs is 1. The lowest BCUT2D eigenvalue weighted by atomic mass is 9.95. The molecule has 0 atom stereocenters. The van der Waals surface area contributed by atoms with Crippen molar-refractivity contribution in [1.82, 2.24) is 0 Å². The van der Waals surface area contributed by atoms with Crippen LogP contribution in [0.25, 0.3) is 0 Å². The van der Waals surface area contributed by atoms with Crippen LogP contribution in [0.3, 0.4) is 0 Å². The van der Waals surface area contributed by atoms with Gasteiger partial charge in [-0.2, -0.15) is 8.78 Å². The fourth-order valence-corrected chi connectivity index (χ4v) is 4.21. The quantitative estimate of drug-likeness (QED) is 0.786. The molecule has 0 spiro atoms. The molecular weight excluding hydrogens is 364 g/mol. The zero-order chi connectivity index (χ0) is 18.7. The van der Waals surface area contributed by atoms with Crippen LogP contribution in [-0.4, -0.2) is 25.6 Å². The Hall–Kier alpha value is -2.48. The second-order valence-electron chi connectivity index (χ2n) is 5.76. The molecule has 0 saturated heterocycles. The van der Waals surface area contributed by atoms with Crippen molar-refractivity contribution in [2.75, 3.05) is 12.4 Å². The van der Waals surface area contributed by atoms with Crippen molar-refractivity contribution in [2.45, 2.75) is 32.3 Å². The summed E-state index contributed by atoms with van der Waals surface area (Å²) in [6, 6.07) is 5.36. The van der Waals surface area contributed by atoms with Gasteiger partial charge in [-0.25, -0.2) is 4.79 Å². The van der Waals surface area contributed by atoms with E-state index in [0.29, 0.717) is 10.6 Å². The average molecular weight is 381 g/mol. The molecule has 138 valence electrons. The van der Waals surface area contributed by atoms with E-state index >= 15 is 0 Å². The summed E-state index contributed by atoms with van der Waals surface area (Å²) in [5.74, 6) is -0.934. The maximum absolute atomic E-state index is 12.5. The molecule has 0 radical (unpaired) electrons. The highest BCUT2D eigenvalue weighted by molar-refractivity contribution is 7.17. The van der Waals surface area contributed by atoms with Crippen LogP contribution >= 0.6 is 11.3 Å². The van der Waals surface area contributed by atoms with Gasteiger partial charge in [0.1, 0.15) is 10.8 Å². The number of carbonyl (C=O) groups is 2. The number of nitrogens with one attached hydrogen (secondary N) is 1. The summed E-state index contributed by atoms with van der Waals surface area (Å²) in [6.45, 7) is -2.92. The lowest BCUT2D eigenvalue weighted by molar-refractivity contribution is -0.0498. The van der Waals surface area contributed by atoms with Crippen LogP contribution in [0.1, 0.15) is 44.0 Å². The van der Waals surface area contributed by atoms with Crippen LogP contribution in [-0.2, 0) is 17.6 Å². The predicted molar refractivity (Wildman–Crippen MR) is 93.3 cm³/mol. The summed E-state index contributed by atoms with van der Waals surface area (Å²) in [5, 5.41) is 3.21. The van der Waals surface area contributed by atoms with Crippen molar-refractivity contribution in [3.63, 3.8) is 0 Å². The Morgan fingerprint density at radius 2 is 1.85 bits per heavy atom. The minimum Gasteiger partial charge on any atom is -0.465 e. The molecule has 0 unspecified atom stereocenters. The van der Waals surface area contributed by atoms with Gasteiger partial charge in [0.05, 0.1) is 12.7 Å². The number of aryl methyl sites for hydroxylation is 1. The van der Waals surface area contributed by atoms with Gasteiger partial charge >= 0.3 is 12.6 Å². The minimum absolute atomic E-state index is 0.0293. The molecule has 3 rings (SSSR count). The van der Waals surface area contributed by atoms with E-state index in [9.17, 15) is 18.4 Å². The number of halogens is 2. The van der Waals surface area contributed by atoms with Crippen LogP contribution < -0.4 is 10.1 Å². The maximum Gasteiger partial charge on any atom is 0.387 e. The first-order chi connectivity index (χ1) is 12.5. The summed E-state index contributed by atoms with van der Waals surface area (Å²) >= 11 is 1.38. The third-order valence-corrected chi connectivity index (χ3v) is 5.34. The first-order valence-corrected chi connectivity index (χ1v) is 8.90. The fourth-order valence-electron chi connectivity index (χ4n) is 2.93. The number of amides is 1. The van der Waals surface area contributed by atoms with Crippen molar-refractivity contribution in [3.8, 4) is 5.75 Å². The summed E-state index contributed by atoms with van der Waals surface area (Å²) in [7, 11) is 1.31. The number of esters is 1. The maximum atomic E-state index is 12.5. The zero-order valence-corrected chi connectivity index (χ0v) is 14.8. The molecule has 5 nitrogen and oxygen atoms in total. The van der Waals surface area contributed by atoms with Crippen molar-refractivity contribution in [2.24, 2.45) is 0 Å². The number of alkyl halides is 2. The predicted octanol–water partition coefficient (Wildman–Crippen LogP) is 4.27. The number of carbonyl (C=O) groups excluding carboxylic acids is 2. The van der Waals surface area contributed by atoms with Crippen LogP contribution in [0.4, 0.5) is 13.8 Å². The third kappa shape index (κ3) is 3.85. The van der Waals surface area contributed by atoms with E-state index in [1.54, 1.807) is 0 Å². The van der Waals surface area contributed by atoms with E-state index in [0.717, 1.165) is 36.1 Å². The van der Waals surface area contributed by atoms with Gasteiger partial charge in [0.2, 0.25) is 0 Å². The van der Waals surface area contributed by atoms with Crippen molar-refractivity contribution < 1.29 is 27.8 Å². The molecular formula is C18H17F2NO4S. The smallest absolute Gasteiger partial charge is 0.387 e. The topological polar surface area (TPSA) is 64.6 Å². The van der Waals surface area contributed by atoms with Crippen molar-refractivity contribution >= 4 is 28.2 Å². The standard InChI is InChI=1S/C18H17F2NO4S/c1-24-17(23)14-12-4-2-3-5-13(12)26-16(14)21-15(22)10-6-8-11(9-7-10)25-18(19)20/h6-9,18H,2-5H2,1H3,(H,21,22). The summed E-state index contributed by atoms with van der Waals surface area (Å²) in [5.41, 5.74) is 1.64. The number of methoxy groups -OCH3 is 1. The SMILES string of the molecule is COC(=O)c1c(NC(=O)c2ccc(OC(F)F)cc2)sc2c1CCCC2. The minimum atomic E-state index is -2.92. The Morgan fingerprint density at radius 3 is 2.50 bits per heavy atom. The molecule has 1 N–H and O–H groups in total. The molecule has 1 aliphatic carbocycles. The Labute approximate surface area is 152 Å². The molecule has 1 aliphatic rings. The average Bonchev–Trinajstić information content (AvgIpc) is 2.99. The number of anilines is 1. The summed E-state index contributed by atoms with van der Waals surface area (Å²) in [6.07, 6.45) is 3.70. The van der Waals surface area contributed by atoms with Crippen LogP contribution in [0.5, 0.6) is 5.75 Å². The first kappa shape index (κ1) is 18.3. The molecule has 1 aromatic heterocycles. The van der Waals surface area contributed by atoms with Crippen LogP contribution in [0.2, 0.25) is 0 Å². The molecule has 0 bridgehead atoms. The highest BCUT2D eigenvalue weighted by Gasteiger charge is 2.27. The number of rotatable bonds is 5. The lowest BCUT2D eigenvalue weighted by Gasteiger charge is -2.11. The highest BCUT2D eigenvalue weighted by atomic mass is 32.1. The van der Waals surface area contributed by atoms with Crippen molar-refractivity contribution in [3.05, 3.63) is 45.8 Å². The molecule has 8 heteroatoms. The summed E-state index contributed by atoms with van der Waals surface area (Å²) in [4.78, 5) is 25.7. The number of thiophene rings is 1. The number of hydrogen-bond donors (Lipinski definition) is 1. The van der Waals surface area contributed by atoms with Gasteiger partial charge in [0.15, 0.2) is 0 Å². The van der Waals surface area contributed by atoms with Crippen molar-refractivity contribution in [1.29, 1.82) is 0 Å². The zero-order valence-electron chi connectivity index (χ0n) is 14.0. The largest absolute Gasteiger partial charge is 0.465 e. The number of hydrogen-bond acceptors (Lipinski definition) is 5. The molecule has 1 amide bonds. The Morgan fingerprint density at radius 1 is 1.15 bits per heavy atom. The molecule has 0 saturated carbocycles. The molecule has 2 aromatic rings. The molecule has 0 aliphatic heterocycles. The molecule has 0 fully saturated rings. The third-order valence-electron chi connectivity index (χ3n) is 4.13. The van der Waals surface area contributed by atoms with Gasteiger partial charge in [0, 0.05) is 10.4 Å².